The number of esters is 1. The van der Waals surface area contributed by atoms with Crippen molar-refractivity contribution in [2.75, 3.05) is 70.6 Å². The third kappa shape index (κ3) is 8.75. The molecule has 1 N–H and O–H groups in total. The SMILES string of the molecule is COC(=O)c1cc(F)c(-c2cccc3c2OCN(C(=O)c2c(Cl)cc(N4CCN(C)C[C@H]4C)cc2Cl)C3)cc1N(C)[C@@H]1CCOC1.O=C(O)C(F)(F)F. The summed E-state index contributed by atoms with van der Waals surface area (Å²) in [6, 6.07) is 12.1. The maximum atomic E-state index is 15.7. The van der Waals surface area contributed by atoms with Crippen LogP contribution in [0.2, 0.25) is 10.0 Å². The number of carboxylic acids is 1. The van der Waals surface area contributed by atoms with E-state index in [1.54, 1.807) is 30.3 Å². The highest BCUT2D eigenvalue weighted by Crippen LogP contribution is 2.41. The van der Waals surface area contributed by atoms with E-state index in [1.807, 2.05) is 18.0 Å². The Labute approximate surface area is 313 Å². The summed E-state index contributed by atoms with van der Waals surface area (Å²) in [5.74, 6) is -3.88. The predicted octanol–water partition coefficient (Wildman–Crippen LogP) is 6.58. The first-order chi connectivity index (χ1) is 25.0. The largest absolute Gasteiger partial charge is 0.490 e. The molecule has 2 saturated heterocycles. The van der Waals surface area contributed by atoms with Crippen LogP contribution in [0, 0.1) is 5.82 Å². The van der Waals surface area contributed by atoms with E-state index in [0.717, 1.165) is 31.7 Å². The lowest BCUT2D eigenvalue weighted by Gasteiger charge is -2.40. The van der Waals surface area contributed by atoms with Crippen molar-refractivity contribution in [1.82, 2.24) is 9.80 Å². The molecule has 0 radical (unpaired) electrons. The number of nitrogens with zero attached hydrogens (tertiary/aromatic N) is 4. The minimum Gasteiger partial charge on any atom is -0.475 e. The number of hydrogen-bond acceptors (Lipinski definition) is 9. The first-order valence-electron chi connectivity index (χ1n) is 16.5. The molecule has 2 atom stereocenters. The number of hydrogen-bond donors (Lipinski definition) is 1. The summed E-state index contributed by atoms with van der Waals surface area (Å²) in [5.41, 5.74) is 3.23. The highest BCUT2D eigenvalue weighted by atomic mass is 35.5. The number of alkyl halides is 3. The number of halogens is 6. The number of ether oxygens (including phenoxy) is 3. The van der Waals surface area contributed by atoms with Crippen LogP contribution in [0.3, 0.4) is 0 Å². The Hall–Kier alpha value is -4.31. The Morgan fingerprint density at radius 1 is 1.06 bits per heavy atom. The van der Waals surface area contributed by atoms with Gasteiger partial charge >= 0.3 is 18.1 Å². The standard InChI is InChI=1S/C34H37Cl2FN4O5.C2HF3O2/c1-20-16-38(2)9-10-41(20)23-12-27(35)31(28(36)13-23)33(42)40-17-21-6-5-7-24(32(21)46-19-40)25-15-30(39(3)22-8-11-45-18-22)26(14-29(25)37)34(43)44-4;3-2(4,5)1(6)7/h5-7,12-15,20,22H,8-11,16-19H2,1-4H3;(H,6,7)/t20-,22-;/m1./s1. The van der Waals surface area contributed by atoms with Gasteiger partial charge in [-0.3, -0.25) is 4.79 Å². The number of amides is 1. The molecule has 53 heavy (non-hydrogen) atoms. The lowest BCUT2D eigenvalue weighted by atomic mass is 9.96. The molecule has 0 bridgehead atoms. The molecule has 3 heterocycles. The number of carbonyl (C=O) groups excluding carboxylic acids is 2. The smallest absolute Gasteiger partial charge is 0.475 e. The fraction of sp³-hybridized carbons (Fsp3) is 0.417. The summed E-state index contributed by atoms with van der Waals surface area (Å²) >= 11 is 13.4. The van der Waals surface area contributed by atoms with Crippen molar-refractivity contribution in [2.45, 2.75) is 38.1 Å². The molecule has 17 heteroatoms. The summed E-state index contributed by atoms with van der Waals surface area (Å²) < 4.78 is 64.2. The van der Waals surface area contributed by atoms with Crippen LogP contribution in [0.1, 0.15) is 39.6 Å². The Morgan fingerprint density at radius 3 is 2.32 bits per heavy atom. The molecular formula is C36H38Cl2F4N4O7. The van der Waals surface area contributed by atoms with E-state index in [4.69, 9.17) is 47.3 Å². The topological polar surface area (TPSA) is 112 Å². The zero-order valence-corrected chi connectivity index (χ0v) is 30.8. The van der Waals surface area contributed by atoms with Gasteiger partial charge in [0.2, 0.25) is 0 Å². The van der Waals surface area contributed by atoms with Crippen LogP contribution in [0.25, 0.3) is 11.1 Å². The number of piperazine rings is 1. The second-order valence-electron chi connectivity index (χ2n) is 12.9. The number of fused-ring (bicyclic) bond motifs is 1. The maximum absolute atomic E-state index is 15.7. The maximum Gasteiger partial charge on any atom is 0.490 e. The van der Waals surface area contributed by atoms with Crippen LogP contribution in [0.5, 0.6) is 5.75 Å². The molecule has 0 saturated carbocycles. The van der Waals surface area contributed by atoms with Gasteiger partial charge < -0.3 is 38.9 Å². The van der Waals surface area contributed by atoms with Crippen LogP contribution in [-0.2, 0) is 20.8 Å². The van der Waals surface area contributed by atoms with E-state index in [1.165, 1.54) is 18.1 Å². The zero-order chi connectivity index (χ0) is 38.8. The van der Waals surface area contributed by atoms with Crippen LogP contribution < -0.4 is 14.5 Å². The monoisotopic (exact) mass is 784 g/mol. The van der Waals surface area contributed by atoms with E-state index < -0.39 is 23.9 Å². The van der Waals surface area contributed by atoms with E-state index in [-0.39, 0.29) is 58.0 Å². The van der Waals surface area contributed by atoms with Gasteiger partial charge in [0.1, 0.15) is 11.6 Å². The molecule has 0 aliphatic carbocycles. The summed E-state index contributed by atoms with van der Waals surface area (Å²) in [6.07, 6.45) is -4.30. The van der Waals surface area contributed by atoms with Gasteiger partial charge in [-0.2, -0.15) is 13.2 Å². The van der Waals surface area contributed by atoms with Gasteiger partial charge in [0.15, 0.2) is 6.73 Å². The van der Waals surface area contributed by atoms with Gasteiger partial charge in [0.05, 0.1) is 53.2 Å². The van der Waals surface area contributed by atoms with Gasteiger partial charge in [0.25, 0.3) is 5.91 Å². The molecule has 0 unspecified atom stereocenters. The number of aliphatic carboxylic acids is 1. The molecule has 0 spiro atoms. The number of carboxylic acid groups (broad SMARTS) is 1. The van der Waals surface area contributed by atoms with Crippen LogP contribution >= 0.6 is 23.2 Å². The van der Waals surface area contributed by atoms with Crippen molar-refractivity contribution in [3.63, 3.8) is 0 Å². The van der Waals surface area contributed by atoms with Crippen molar-refractivity contribution < 1.29 is 51.3 Å². The van der Waals surface area contributed by atoms with Crippen molar-refractivity contribution in [3.05, 3.63) is 75.0 Å². The molecule has 3 aliphatic heterocycles. The molecule has 6 rings (SSSR count). The Balaban J connectivity index is 0.000000705. The Bertz CT molecular complexity index is 1850. The normalized spacial score (nSPS) is 18.8. The average Bonchev–Trinajstić information content (AvgIpc) is 3.65. The van der Waals surface area contributed by atoms with Crippen molar-refractivity contribution in [3.8, 4) is 16.9 Å². The van der Waals surface area contributed by atoms with E-state index >= 15 is 4.39 Å². The number of rotatable bonds is 6. The van der Waals surface area contributed by atoms with Gasteiger partial charge in [-0.1, -0.05) is 41.4 Å². The molecule has 286 valence electrons. The quantitative estimate of drug-likeness (QED) is 0.218. The third-order valence-electron chi connectivity index (χ3n) is 9.37. The number of methoxy groups -OCH3 is 1. The Kier molecular flexibility index (Phi) is 12.3. The molecule has 3 aromatic rings. The van der Waals surface area contributed by atoms with Crippen LogP contribution in [0.15, 0.2) is 42.5 Å². The highest BCUT2D eigenvalue weighted by Gasteiger charge is 2.38. The number of benzene rings is 3. The van der Waals surface area contributed by atoms with E-state index in [9.17, 15) is 22.8 Å². The second kappa shape index (κ2) is 16.4. The molecular weight excluding hydrogens is 747 g/mol. The predicted molar refractivity (Wildman–Crippen MR) is 191 cm³/mol. The minimum absolute atomic E-state index is 0.0277. The number of likely N-dealkylation sites (N-methyl/N-ethyl adjacent to an activating group) is 2. The fourth-order valence-corrected chi connectivity index (χ4v) is 7.22. The lowest BCUT2D eigenvalue weighted by molar-refractivity contribution is -0.192. The van der Waals surface area contributed by atoms with Gasteiger partial charge in [-0.15, -0.1) is 0 Å². The van der Waals surface area contributed by atoms with E-state index in [2.05, 4.69) is 23.8 Å². The summed E-state index contributed by atoms with van der Waals surface area (Å²) in [5, 5.41) is 7.67. The van der Waals surface area contributed by atoms with Gasteiger partial charge in [0, 0.05) is 61.7 Å². The van der Waals surface area contributed by atoms with Gasteiger partial charge in [-0.05, 0) is 44.7 Å². The molecule has 1 amide bonds. The lowest BCUT2D eigenvalue weighted by Crippen LogP contribution is -2.50. The molecule has 11 nitrogen and oxygen atoms in total. The third-order valence-corrected chi connectivity index (χ3v) is 9.97. The van der Waals surface area contributed by atoms with Crippen molar-refractivity contribution in [1.29, 1.82) is 0 Å². The molecule has 0 aromatic heterocycles. The first-order valence-corrected chi connectivity index (χ1v) is 17.3. The number of carbonyl (C=O) groups is 3. The van der Waals surface area contributed by atoms with Crippen LogP contribution in [0.4, 0.5) is 28.9 Å². The van der Waals surface area contributed by atoms with Crippen molar-refractivity contribution in [2.24, 2.45) is 0 Å². The summed E-state index contributed by atoms with van der Waals surface area (Å²) in [7, 11) is 5.23. The van der Waals surface area contributed by atoms with Gasteiger partial charge in [-0.25, -0.2) is 14.0 Å². The molecule has 3 aliphatic rings. The second-order valence-corrected chi connectivity index (χ2v) is 13.7. The fourth-order valence-electron chi connectivity index (χ4n) is 6.59. The Morgan fingerprint density at radius 2 is 1.74 bits per heavy atom. The highest BCUT2D eigenvalue weighted by molar-refractivity contribution is 6.40. The summed E-state index contributed by atoms with van der Waals surface area (Å²) in [6.45, 7) is 6.05. The average molecular weight is 786 g/mol. The first kappa shape index (κ1) is 39.9. The number of para-hydroxylation sites is 1. The molecule has 2 fully saturated rings. The molecule has 3 aromatic carbocycles. The zero-order valence-electron chi connectivity index (χ0n) is 29.3. The van der Waals surface area contributed by atoms with Crippen LogP contribution in [-0.4, -0.2) is 112 Å². The summed E-state index contributed by atoms with van der Waals surface area (Å²) in [4.78, 5) is 43.3. The van der Waals surface area contributed by atoms with Crippen molar-refractivity contribution >= 4 is 52.4 Å². The minimum atomic E-state index is -5.08. The number of anilines is 2. The van der Waals surface area contributed by atoms with E-state index in [0.29, 0.717) is 35.8 Å².